The fourth-order valence-corrected chi connectivity index (χ4v) is 1.93. The zero-order valence-corrected chi connectivity index (χ0v) is 11.0. The lowest BCUT2D eigenvalue weighted by atomic mass is 10.2. The molecule has 0 saturated heterocycles. The molecule has 4 nitrogen and oxygen atoms in total. The molecule has 0 unspecified atom stereocenters. The van der Waals surface area contributed by atoms with Crippen LogP contribution in [0, 0.1) is 13.8 Å². The number of H-pyrrole nitrogens is 1. The molecule has 1 aromatic heterocycles. The second-order valence-corrected chi connectivity index (χ2v) is 4.54. The number of aryl methyl sites for hydroxylation is 2. The van der Waals surface area contributed by atoms with Gasteiger partial charge in [-0.1, -0.05) is 17.7 Å². The lowest BCUT2D eigenvalue weighted by Gasteiger charge is -2.05. The van der Waals surface area contributed by atoms with E-state index >= 15 is 0 Å². The summed E-state index contributed by atoms with van der Waals surface area (Å²) in [6.07, 6.45) is 0. The number of hydrogen-bond donors (Lipinski definition) is 2. The molecule has 1 amide bonds. The zero-order valence-electron chi connectivity index (χ0n) is 10.2. The summed E-state index contributed by atoms with van der Waals surface area (Å²) < 4.78 is 0. The number of benzene rings is 1. The van der Waals surface area contributed by atoms with Gasteiger partial charge in [0.2, 0.25) is 0 Å². The van der Waals surface area contributed by atoms with Crippen molar-refractivity contribution < 1.29 is 4.79 Å². The Kier molecular flexibility index (Phi) is 3.67. The van der Waals surface area contributed by atoms with E-state index in [1.165, 1.54) is 0 Å². The van der Waals surface area contributed by atoms with E-state index in [4.69, 9.17) is 11.6 Å². The molecule has 2 rings (SSSR count). The molecule has 2 N–H and O–H groups in total. The quantitative estimate of drug-likeness (QED) is 0.894. The Morgan fingerprint density at radius 3 is 2.83 bits per heavy atom. The first kappa shape index (κ1) is 12.6. The molecule has 0 saturated carbocycles. The van der Waals surface area contributed by atoms with Crippen molar-refractivity contribution in [2.75, 3.05) is 0 Å². The van der Waals surface area contributed by atoms with Gasteiger partial charge in [0.25, 0.3) is 5.91 Å². The smallest absolute Gasteiger partial charge is 0.251 e. The minimum absolute atomic E-state index is 0.141. The van der Waals surface area contributed by atoms with E-state index in [-0.39, 0.29) is 5.91 Å². The first-order valence-corrected chi connectivity index (χ1v) is 6.00. The monoisotopic (exact) mass is 263 g/mol. The Morgan fingerprint density at radius 2 is 2.22 bits per heavy atom. The second kappa shape index (κ2) is 5.23. The van der Waals surface area contributed by atoms with Crippen LogP contribution in [0.2, 0.25) is 5.02 Å². The molecular formula is C13H14ClN3O. The topological polar surface area (TPSA) is 57.8 Å². The van der Waals surface area contributed by atoms with Gasteiger partial charge in [-0.15, -0.1) is 0 Å². The minimum Gasteiger partial charge on any atom is -0.348 e. The fourth-order valence-electron chi connectivity index (χ4n) is 1.73. The van der Waals surface area contributed by atoms with E-state index < -0.39 is 0 Å². The normalized spacial score (nSPS) is 10.4. The first-order chi connectivity index (χ1) is 8.58. The van der Waals surface area contributed by atoms with Crippen LogP contribution in [0.4, 0.5) is 0 Å². The van der Waals surface area contributed by atoms with Gasteiger partial charge in [-0.05, 0) is 32.0 Å². The van der Waals surface area contributed by atoms with Gasteiger partial charge in [-0.25, -0.2) is 0 Å². The number of amides is 1. The van der Waals surface area contributed by atoms with Crippen molar-refractivity contribution in [3.8, 4) is 0 Å². The van der Waals surface area contributed by atoms with Crippen molar-refractivity contribution in [2.24, 2.45) is 0 Å². The van der Waals surface area contributed by atoms with Gasteiger partial charge >= 0.3 is 0 Å². The number of nitrogens with one attached hydrogen (secondary N) is 2. The summed E-state index contributed by atoms with van der Waals surface area (Å²) >= 11 is 5.84. The minimum atomic E-state index is -0.141. The largest absolute Gasteiger partial charge is 0.348 e. The maximum absolute atomic E-state index is 11.9. The number of carbonyl (C=O) groups is 1. The number of hydrogen-bond acceptors (Lipinski definition) is 2. The van der Waals surface area contributed by atoms with Gasteiger partial charge in [0.15, 0.2) is 0 Å². The van der Waals surface area contributed by atoms with E-state index in [0.717, 1.165) is 17.0 Å². The summed E-state index contributed by atoms with van der Waals surface area (Å²) in [5, 5.41) is 10.4. The molecule has 94 valence electrons. The predicted molar refractivity (Wildman–Crippen MR) is 70.7 cm³/mol. The molecular weight excluding hydrogens is 250 g/mol. The maximum atomic E-state index is 11.9. The van der Waals surface area contributed by atoms with Crippen LogP contribution in [-0.4, -0.2) is 16.1 Å². The third-order valence-electron chi connectivity index (χ3n) is 2.79. The van der Waals surface area contributed by atoms with E-state index in [1.807, 2.05) is 13.8 Å². The highest BCUT2D eigenvalue weighted by molar-refractivity contribution is 6.30. The number of nitrogens with zero attached hydrogens (tertiary/aromatic N) is 1. The predicted octanol–water partition coefficient (Wildman–Crippen LogP) is 2.61. The van der Waals surface area contributed by atoms with E-state index in [0.29, 0.717) is 17.1 Å². The molecule has 0 radical (unpaired) electrons. The number of aromatic amines is 1. The molecule has 2 aromatic rings. The van der Waals surface area contributed by atoms with E-state index in [2.05, 4.69) is 15.5 Å². The molecule has 1 aromatic carbocycles. The van der Waals surface area contributed by atoms with Gasteiger partial charge in [-0.2, -0.15) is 5.10 Å². The molecule has 0 aliphatic rings. The summed E-state index contributed by atoms with van der Waals surface area (Å²) in [7, 11) is 0. The van der Waals surface area contributed by atoms with Crippen LogP contribution in [-0.2, 0) is 6.54 Å². The number of rotatable bonds is 3. The van der Waals surface area contributed by atoms with Crippen molar-refractivity contribution >= 4 is 17.5 Å². The van der Waals surface area contributed by atoms with Gasteiger partial charge in [0.05, 0.1) is 5.69 Å². The van der Waals surface area contributed by atoms with Crippen LogP contribution in [0.1, 0.15) is 27.3 Å². The highest BCUT2D eigenvalue weighted by atomic mass is 35.5. The van der Waals surface area contributed by atoms with Crippen LogP contribution < -0.4 is 5.32 Å². The third-order valence-corrected chi connectivity index (χ3v) is 3.03. The van der Waals surface area contributed by atoms with Crippen molar-refractivity contribution in [3.63, 3.8) is 0 Å². The first-order valence-electron chi connectivity index (χ1n) is 5.62. The molecule has 0 bridgehead atoms. The average molecular weight is 264 g/mol. The molecule has 5 heteroatoms. The van der Waals surface area contributed by atoms with Gasteiger partial charge in [0.1, 0.15) is 0 Å². The van der Waals surface area contributed by atoms with Crippen LogP contribution >= 0.6 is 11.6 Å². The number of carbonyl (C=O) groups excluding carboxylic acids is 1. The highest BCUT2D eigenvalue weighted by Crippen LogP contribution is 2.12. The molecule has 0 atom stereocenters. The summed E-state index contributed by atoms with van der Waals surface area (Å²) in [6.45, 7) is 4.30. The van der Waals surface area contributed by atoms with Gasteiger partial charge in [-0.3, -0.25) is 9.89 Å². The fraction of sp³-hybridized carbons (Fsp3) is 0.231. The lowest BCUT2D eigenvalue weighted by Crippen LogP contribution is -2.23. The van der Waals surface area contributed by atoms with Gasteiger partial charge < -0.3 is 5.32 Å². The summed E-state index contributed by atoms with van der Waals surface area (Å²) in [4.78, 5) is 11.9. The highest BCUT2D eigenvalue weighted by Gasteiger charge is 2.09. The van der Waals surface area contributed by atoms with Crippen molar-refractivity contribution in [1.29, 1.82) is 0 Å². The number of aromatic nitrogens is 2. The van der Waals surface area contributed by atoms with Crippen LogP contribution in [0.3, 0.4) is 0 Å². The Labute approximate surface area is 110 Å². The number of halogens is 1. The Hall–Kier alpha value is -1.81. The summed E-state index contributed by atoms with van der Waals surface area (Å²) in [5.74, 6) is -0.141. The average Bonchev–Trinajstić information content (AvgIpc) is 2.66. The third kappa shape index (κ3) is 2.71. The standard InChI is InChI=1S/C13H14ClN3O/c1-8-12(9(2)17-16-8)7-15-13(18)10-4-3-5-11(14)6-10/h3-6H,7H2,1-2H3,(H,15,18)(H,16,17). The molecule has 18 heavy (non-hydrogen) atoms. The molecule has 0 fully saturated rings. The van der Waals surface area contributed by atoms with Crippen molar-refractivity contribution in [1.82, 2.24) is 15.5 Å². The Balaban J connectivity index is 2.05. The van der Waals surface area contributed by atoms with E-state index in [9.17, 15) is 4.79 Å². The maximum Gasteiger partial charge on any atom is 0.251 e. The van der Waals surface area contributed by atoms with Crippen LogP contribution in [0.15, 0.2) is 24.3 Å². The van der Waals surface area contributed by atoms with Crippen LogP contribution in [0.25, 0.3) is 0 Å². The van der Waals surface area contributed by atoms with Crippen LogP contribution in [0.5, 0.6) is 0 Å². The van der Waals surface area contributed by atoms with Crippen molar-refractivity contribution in [3.05, 3.63) is 51.8 Å². The summed E-state index contributed by atoms with van der Waals surface area (Å²) in [6, 6.07) is 6.87. The molecule has 0 aliphatic carbocycles. The molecule has 0 aliphatic heterocycles. The van der Waals surface area contributed by atoms with Crippen molar-refractivity contribution in [2.45, 2.75) is 20.4 Å². The second-order valence-electron chi connectivity index (χ2n) is 4.11. The van der Waals surface area contributed by atoms with Gasteiger partial charge in [0, 0.05) is 28.4 Å². The Morgan fingerprint density at radius 1 is 1.44 bits per heavy atom. The zero-order chi connectivity index (χ0) is 13.1. The lowest BCUT2D eigenvalue weighted by molar-refractivity contribution is 0.0951. The molecule has 1 heterocycles. The SMILES string of the molecule is Cc1n[nH]c(C)c1CNC(=O)c1cccc(Cl)c1. The van der Waals surface area contributed by atoms with E-state index in [1.54, 1.807) is 24.3 Å². The summed E-state index contributed by atoms with van der Waals surface area (Å²) in [5.41, 5.74) is 3.45. The molecule has 0 spiro atoms. The Bertz CT molecular complexity index is 558.